The number of hydrogen-bond acceptors (Lipinski definition) is 3. The van der Waals surface area contributed by atoms with Crippen molar-refractivity contribution in [3.05, 3.63) is 35.1 Å². The monoisotopic (exact) mass is 266 g/mol. The van der Waals surface area contributed by atoms with Crippen LogP contribution in [0.2, 0.25) is 0 Å². The molecule has 104 valence electrons. The summed E-state index contributed by atoms with van der Waals surface area (Å²) in [6, 6.07) is 4.33. The fraction of sp³-hybridized carbons (Fsp3) is 0.500. The van der Waals surface area contributed by atoms with Gasteiger partial charge in [-0.2, -0.15) is 0 Å². The van der Waals surface area contributed by atoms with Gasteiger partial charge in [-0.15, -0.1) is 0 Å². The molecule has 0 aromatic heterocycles. The van der Waals surface area contributed by atoms with Gasteiger partial charge in [-0.1, -0.05) is 13.0 Å². The van der Waals surface area contributed by atoms with Crippen LogP contribution in [0.3, 0.4) is 0 Å². The number of likely N-dealkylation sites (tertiary alicyclic amines) is 1. The van der Waals surface area contributed by atoms with E-state index in [1.807, 2.05) is 6.92 Å². The maximum atomic E-state index is 13.9. The van der Waals surface area contributed by atoms with Crippen LogP contribution in [0.4, 0.5) is 4.39 Å². The number of piperidine rings is 1. The number of rotatable bonds is 3. The molecule has 1 aromatic rings. The van der Waals surface area contributed by atoms with Crippen molar-refractivity contribution >= 4 is 5.91 Å². The number of hydrogen-bond donors (Lipinski definition) is 2. The number of aliphatic hydroxyl groups is 1. The van der Waals surface area contributed by atoms with Gasteiger partial charge in [0.2, 0.25) is 5.91 Å². The number of carbonyl (C=O) groups excluding carboxylic acids is 1. The molecule has 4 nitrogen and oxygen atoms in total. The molecule has 19 heavy (non-hydrogen) atoms. The first-order valence-electron chi connectivity index (χ1n) is 6.46. The van der Waals surface area contributed by atoms with Gasteiger partial charge in [-0.05, 0) is 24.5 Å². The summed E-state index contributed by atoms with van der Waals surface area (Å²) in [4.78, 5) is 13.1. The van der Waals surface area contributed by atoms with E-state index in [1.165, 1.54) is 6.07 Å². The number of nitrogens with zero attached hydrogens (tertiary/aromatic N) is 1. The number of nitrogens with two attached hydrogens (primary N) is 1. The number of carbonyl (C=O) groups is 1. The van der Waals surface area contributed by atoms with Crippen LogP contribution in [-0.2, 0) is 6.54 Å². The maximum Gasteiger partial charge on any atom is 0.248 e. The van der Waals surface area contributed by atoms with Gasteiger partial charge in [0.25, 0.3) is 0 Å². The van der Waals surface area contributed by atoms with E-state index < -0.39 is 11.7 Å². The zero-order valence-corrected chi connectivity index (χ0v) is 11.0. The molecule has 1 saturated heterocycles. The lowest BCUT2D eigenvalue weighted by atomic mass is 9.96. The topological polar surface area (TPSA) is 66.6 Å². The lowest BCUT2D eigenvalue weighted by Gasteiger charge is -2.34. The van der Waals surface area contributed by atoms with E-state index in [1.54, 1.807) is 12.1 Å². The standard InChI is InChI=1S/C14H19FN2O2/c1-9-7-17(5-4-13(9)18)8-11-3-2-10(14(16)19)6-12(11)15/h2-3,6,9,13,18H,4-5,7-8H2,1H3,(H2,16,19). The molecular formula is C14H19FN2O2. The average molecular weight is 266 g/mol. The Morgan fingerprint density at radius 3 is 2.89 bits per heavy atom. The van der Waals surface area contributed by atoms with E-state index in [2.05, 4.69) is 4.90 Å². The molecule has 5 heteroatoms. The van der Waals surface area contributed by atoms with Crippen molar-refractivity contribution in [2.45, 2.75) is 26.0 Å². The predicted octanol–water partition coefficient (Wildman–Crippen LogP) is 1.13. The summed E-state index contributed by atoms with van der Waals surface area (Å²) in [5.41, 5.74) is 5.84. The molecule has 0 aliphatic carbocycles. The highest BCUT2D eigenvalue weighted by molar-refractivity contribution is 5.92. The van der Waals surface area contributed by atoms with Crippen LogP contribution in [0.5, 0.6) is 0 Å². The molecule has 1 aliphatic heterocycles. The molecule has 1 fully saturated rings. The predicted molar refractivity (Wildman–Crippen MR) is 70.0 cm³/mol. The third-order valence-corrected chi connectivity index (χ3v) is 3.68. The molecule has 1 amide bonds. The van der Waals surface area contributed by atoms with Crippen molar-refractivity contribution in [3.63, 3.8) is 0 Å². The number of benzene rings is 1. The molecule has 1 heterocycles. The van der Waals surface area contributed by atoms with Crippen LogP contribution in [0.15, 0.2) is 18.2 Å². The summed E-state index contributed by atoms with van der Waals surface area (Å²) >= 11 is 0. The third-order valence-electron chi connectivity index (χ3n) is 3.68. The summed E-state index contributed by atoms with van der Waals surface area (Å²) < 4.78 is 13.9. The van der Waals surface area contributed by atoms with Crippen molar-refractivity contribution in [2.75, 3.05) is 13.1 Å². The Balaban J connectivity index is 2.05. The minimum Gasteiger partial charge on any atom is -0.393 e. The van der Waals surface area contributed by atoms with Gasteiger partial charge >= 0.3 is 0 Å². The minimum atomic E-state index is -0.625. The summed E-state index contributed by atoms with van der Waals surface area (Å²) in [6.07, 6.45) is 0.445. The first-order valence-corrected chi connectivity index (χ1v) is 6.46. The highest BCUT2D eigenvalue weighted by Crippen LogP contribution is 2.20. The molecule has 0 bridgehead atoms. The Morgan fingerprint density at radius 1 is 1.58 bits per heavy atom. The van der Waals surface area contributed by atoms with E-state index in [0.717, 1.165) is 13.1 Å². The number of amides is 1. The molecule has 0 spiro atoms. The molecule has 1 aromatic carbocycles. The summed E-state index contributed by atoms with van der Waals surface area (Å²) in [5.74, 6) is -0.836. The zero-order valence-electron chi connectivity index (χ0n) is 11.0. The fourth-order valence-electron chi connectivity index (χ4n) is 2.43. The molecule has 0 saturated carbocycles. The van der Waals surface area contributed by atoms with Crippen LogP contribution < -0.4 is 5.73 Å². The Morgan fingerprint density at radius 2 is 2.32 bits per heavy atom. The van der Waals surface area contributed by atoms with Gasteiger partial charge in [0.15, 0.2) is 0 Å². The van der Waals surface area contributed by atoms with Crippen molar-refractivity contribution in [3.8, 4) is 0 Å². The maximum absolute atomic E-state index is 13.9. The first kappa shape index (κ1) is 14.0. The number of halogens is 1. The second kappa shape index (κ2) is 5.67. The molecule has 2 unspecified atom stereocenters. The van der Waals surface area contributed by atoms with Crippen molar-refractivity contribution < 1.29 is 14.3 Å². The largest absolute Gasteiger partial charge is 0.393 e. The Labute approximate surface area is 112 Å². The van der Waals surface area contributed by atoms with Crippen LogP contribution >= 0.6 is 0 Å². The molecule has 1 aliphatic rings. The third kappa shape index (κ3) is 3.30. The smallest absolute Gasteiger partial charge is 0.248 e. The van der Waals surface area contributed by atoms with Gasteiger partial charge in [-0.3, -0.25) is 9.69 Å². The zero-order chi connectivity index (χ0) is 14.0. The van der Waals surface area contributed by atoms with Gasteiger partial charge in [-0.25, -0.2) is 4.39 Å². The van der Waals surface area contributed by atoms with Crippen molar-refractivity contribution in [1.82, 2.24) is 4.90 Å². The van der Waals surface area contributed by atoms with E-state index in [9.17, 15) is 14.3 Å². The normalized spacial score (nSPS) is 24.4. The van der Waals surface area contributed by atoms with E-state index in [-0.39, 0.29) is 17.6 Å². The minimum absolute atomic E-state index is 0.184. The molecule has 2 rings (SSSR count). The first-order chi connectivity index (χ1) is 8.97. The summed E-state index contributed by atoms with van der Waals surface area (Å²) in [7, 11) is 0. The number of aliphatic hydroxyl groups excluding tert-OH is 1. The quantitative estimate of drug-likeness (QED) is 0.861. The second-order valence-corrected chi connectivity index (χ2v) is 5.24. The van der Waals surface area contributed by atoms with Crippen LogP contribution in [0.1, 0.15) is 29.3 Å². The average Bonchev–Trinajstić information content (AvgIpc) is 2.36. The SMILES string of the molecule is CC1CN(Cc2ccc(C(N)=O)cc2F)CCC1O. The summed E-state index contributed by atoms with van der Waals surface area (Å²) in [5, 5.41) is 9.66. The van der Waals surface area contributed by atoms with Crippen LogP contribution in [0, 0.1) is 11.7 Å². The lowest BCUT2D eigenvalue weighted by molar-refractivity contribution is 0.0316. The Kier molecular flexibility index (Phi) is 4.17. The molecule has 0 radical (unpaired) electrons. The Bertz CT molecular complexity index is 479. The molecule has 2 atom stereocenters. The van der Waals surface area contributed by atoms with Gasteiger partial charge in [0.05, 0.1) is 6.10 Å². The highest BCUT2D eigenvalue weighted by atomic mass is 19.1. The van der Waals surface area contributed by atoms with E-state index in [0.29, 0.717) is 18.5 Å². The lowest BCUT2D eigenvalue weighted by Crippen LogP contribution is -2.41. The number of primary amides is 1. The Hall–Kier alpha value is -1.46. The fourth-order valence-corrected chi connectivity index (χ4v) is 2.43. The van der Waals surface area contributed by atoms with Crippen LogP contribution in [0.25, 0.3) is 0 Å². The van der Waals surface area contributed by atoms with Crippen LogP contribution in [-0.4, -0.2) is 35.1 Å². The van der Waals surface area contributed by atoms with E-state index >= 15 is 0 Å². The van der Waals surface area contributed by atoms with Crippen molar-refractivity contribution in [1.29, 1.82) is 0 Å². The van der Waals surface area contributed by atoms with Gasteiger partial charge < -0.3 is 10.8 Å². The van der Waals surface area contributed by atoms with E-state index in [4.69, 9.17) is 5.73 Å². The second-order valence-electron chi connectivity index (χ2n) is 5.24. The van der Waals surface area contributed by atoms with Gasteiger partial charge in [0, 0.05) is 30.8 Å². The van der Waals surface area contributed by atoms with Gasteiger partial charge in [0.1, 0.15) is 5.82 Å². The molecule has 3 N–H and O–H groups in total. The van der Waals surface area contributed by atoms with Crippen molar-refractivity contribution in [2.24, 2.45) is 11.7 Å². The molecular weight excluding hydrogens is 247 g/mol. The summed E-state index contributed by atoms with van der Waals surface area (Å²) in [6.45, 7) is 3.98. The highest BCUT2D eigenvalue weighted by Gasteiger charge is 2.24.